The lowest BCUT2D eigenvalue weighted by atomic mass is 10.2. The first-order chi connectivity index (χ1) is 14.0. The molecule has 1 heterocycles. The molecule has 0 aliphatic rings. The minimum atomic E-state index is -0.329. The third-order valence-corrected chi connectivity index (χ3v) is 5.14. The predicted octanol–water partition coefficient (Wildman–Crippen LogP) is 4.46. The van der Waals surface area contributed by atoms with Crippen LogP contribution in [0, 0.1) is 0 Å². The van der Waals surface area contributed by atoms with Gasteiger partial charge < -0.3 is 15.4 Å². The number of anilines is 2. The largest absolute Gasteiger partial charge is 0.497 e. The predicted molar refractivity (Wildman–Crippen MR) is 116 cm³/mol. The number of rotatable bonds is 7. The van der Waals surface area contributed by atoms with Gasteiger partial charge in [-0.1, -0.05) is 12.1 Å². The summed E-state index contributed by atoms with van der Waals surface area (Å²) in [6.45, 7) is 1.82. The summed E-state index contributed by atoms with van der Waals surface area (Å²) in [4.78, 5) is 29.8. The molecule has 1 unspecified atom stereocenters. The molecule has 3 aromatic rings. The number of nitrogens with one attached hydrogen (secondary N) is 2. The second kappa shape index (κ2) is 9.75. The van der Waals surface area contributed by atoms with Gasteiger partial charge in [0, 0.05) is 22.3 Å². The van der Waals surface area contributed by atoms with E-state index in [-0.39, 0.29) is 17.1 Å². The van der Waals surface area contributed by atoms with Crippen LogP contribution in [-0.2, 0) is 4.79 Å². The normalized spacial score (nSPS) is 11.4. The summed E-state index contributed by atoms with van der Waals surface area (Å²) >= 11 is 1.41. The number of amides is 2. The van der Waals surface area contributed by atoms with Gasteiger partial charge in [-0.3, -0.25) is 9.59 Å². The van der Waals surface area contributed by atoms with Crippen molar-refractivity contribution in [2.45, 2.75) is 17.1 Å². The first kappa shape index (κ1) is 20.4. The molecular formula is C22H21N3O3S. The Morgan fingerprint density at radius 1 is 1.00 bits per heavy atom. The van der Waals surface area contributed by atoms with Gasteiger partial charge in [0.05, 0.1) is 12.4 Å². The van der Waals surface area contributed by atoms with E-state index < -0.39 is 0 Å². The standard InChI is InChI=1S/C22H21N3O3S/c1-15(21(26)25-20-8-3-4-13-23-20)29-19-7-5-6-17(14-19)24-22(27)16-9-11-18(28-2)12-10-16/h3-15H,1-2H3,(H,24,27)(H,23,25,26). The molecule has 2 amide bonds. The molecule has 2 N–H and O–H groups in total. The van der Waals surface area contributed by atoms with Crippen LogP contribution in [0.15, 0.2) is 77.8 Å². The number of hydrogen-bond acceptors (Lipinski definition) is 5. The van der Waals surface area contributed by atoms with E-state index in [9.17, 15) is 9.59 Å². The molecule has 0 aliphatic carbocycles. The average Bonchev–Trinajstić information content (AvgIpc) is 2.74. The van der Waals surface area contributed by atoms with Crippen LogP contribution >= 0.6 is 11.8 Å². The summed E-state index contributed by atoms with van der Waals surface area (Å²) in [7, 11) is 1.58. The van der Waals surface area contributed by atoms with Crippen molar-refractivity contribution in [3.05, 3.63) is 78.5 Å². The highest BCUT2D eigenvalue weighted by Crippen LogP contribution is 2.26. The maximum absolute atomic E-state index is 12.4. The van der Waals surface area contributed by atoms with Crippen molar-refractivity contribution in [2.75, 3.05) is 17.7 Å². The van der Waals surface area contributed by atoms with Crippen LogP contribution < -0.4 is 15.4 Å². The third kappa shape index (κ3) is 5.83. The van der Waals surface area contributed by atoms with Crippen molar-refractivity contribution in [3.63, 3.8) is 0 Å². The average molecular weight is 407 g/mol. The summed E-state index contributed by atoms with van der Waals surface area (Å²) in [5, 5.41) is 5.33. The Bertz CT molecular complexity index is 978. The van der Waals surface area contributed by atoms with Gasteiger partial charge in [0.1, 0.15) is 11.6 Å². The Labute approximate surface area is 173 Å². The van der Waals surface area contributed by atoms with Crippen LogP contribution in [0.2, 0.25) is 0 Å². The van der Waals surface area contributed by atoms with E-state index in [2.05, 4.69) is 15.6 Å². The molecular weight excluding hydrogens is 386 g/mol. The number of nitrogens with zero attached hydrogens (tertiary/aromatic N) is 1. The second-order valence-electron chi connectivity index (χ2n) is 6.17. The fraction of sp³-hybridized carbons (Fsp3) is 0.136. The number of benzene rings is 2. The molecule has 0 bridgehead atoms. The monoisotopic (exact) mass is 407 g/mol. The van der Waals surface area contributed by atoms with Gasteiger partial charge in [-0.25, -0.2) is 4.98 Å². The number of aromatic nitrogens is 1. The molecule has 148 valence electrons. The smallest absolute Gasteiger partial charge is 0.255 e. The molecule has 0 saturated heterocycles. The zero-order valence-corrected chi connectivity index (χ0v) is 16.9. The Balaban J connectivity index is 1.61. The highest BCUT2D eigenvalue weighted by atomic mass is 32.2. The number of thioether (sulfide) groups is 1. The Morgan fingerprint density at radius 3 is 2.48 bits per heavy atom. The first-order valence-corrected chi connectivity index (χ1v) is 9.87. The van der Waals surface area contributed by atoms with Crippen LogP contribution in [0.3, 0.4) is 0 Å². The minimum absolute atomic E-state index is 0.138. The Morgan fingerprint density at radius 2 is 1.79 bits per heavy atom. The molecule has 0 fully saturated rings. The Kier molecular flexibility index (Phi) is 6.86. The summed E-state index contributed by atoms with van der Waals surface area (Å²) < 4.78 is 5.11. The summed E-state index contributed by atoms with van der Waals surface area (Å²) in [5.41, 5.74) is 1.19. The highest BCUT2D eigenvalue weighted by molar-refractivity contribution is 8.00. The van der Waals surface area contributed by atoms with E-state index in [0.29, 0.717) is 22.8 Å². The second-order valence-corrected chi connectivity index (χ2v) is 7.59. The molecule has 6 nitrogen and oxygen atoms in total. The minimum Gasteiger partial charge on any atom is -0.497 e. The summed E-state index contributed by atoms with van der Waals surface area (Å²) in [5.74, 6) is 0.862. The van der Waals surface area contributed by atoms with Crippen molar-refractivity contribution >= 4 is 35.1 Å². The van der Waals surface area contributed by atoms with Gasteiger partial charge in [-0.05, 0) is 61.5 Å². The van der Waals surface area contributed by atoms with Crippen LogP contribution in [0.25, 0.3) is 0 Å². The molecule has 0 spiro atoms. The van der Waals surface area contributed by atoms with Crippen molar-refractivity contribution in [1.29, 1.82) is 0 Å². The van der Waals surface area contributed by atoms with Gasteiger partial charge in [0.15, 0.2) is 0 Å². The SMILES string of the molecule is COc1ccc(C(=O)Nc2cccc(SC(C)C(=O)Nc3ccccn3)c2)cc1. The topological polar surface area (TPSA) is 80.3 Å². The first-order valence-electron chi connectivity index (χ1n) is 8.99. The fourth-order valence-electron chi connectivity index (χ4n) is 2.52. The zero-order valence-electron chi connectivity index (χ0n) is 16.1. The number of ether oxygens (including phenoxy) is 1. The summed E-state index contributed by atoms with van der Waals surface area (Å²) in [6.07, 6.45) is 1.63. The van der Waals surface area contributed by atoms with Crippen LogP contribution in [0.1, 0.15) is 17.3 Å². The van der Waals surface area contributed by atoms with E-state index in [1.807, 2.05) is 37.3 Å². The fourth-order valence-corrected chi connectivity index (χ4v) is 3.44. The number of pyridine rings is 1. The van der Waals surface area contributed by atoms with E-state index in [1.54, 1.807) is 49.7 Å². The van der Waals surface area contributed by atoms with Gasteiger partial charge in [-0.15, -0.1) is 11.8 Å². The van der Waals surface area contributed by atoms with Gasteiger partial charge in [-0.2, -0.15) is 0 Å². The number of carbonyl (C=O) groups is 2. The molecule has 2 aromatic carbocycles. The molecule has 7 heteroatoms. The molecule has 0 radical (unpaired) electrons. The van der Waals surface area contributed by atoms with Gasteiger partial charge in [0.25, 0.3) is 5.91 Å². The molecule has 29 heavy (non-hydrogen) atoms. The zero-order chi connectivity index (χ0) is 20.6. The molecule has 0 aliphatic heterocycles. The number of hydrogen-bond donors (Lipinski definition) is 2. The lowest BCUT2D eigenvalue weighted by Crippen LogP contribution is -2.22. The van der Waals surface area contributed by atoms with E-state index >= 15 is 0 Å². The van der Waals surface area contributed by atoms with Crippen LogP contribution in [-0.4, -0.2) is 29.2 Å². The highest BCUT2D eigenvalue weighted by Gasteiger charge is 2.15. The van der Waals surface area contributed by atoms with Crippen molar-refractivity contribution in [3.8, 4) is 5.75 Å². The number of methoxy groups -OCH3 is 1. The van der Waals surface area contributed by atoms with Gasteiger partial charge >= 0.3 is 0 Å². The summed E-state index contributed by atoms with van der Waals surface area (Å²) in [6, 6.07) is 19.6. The van der Waals surface area contributed by atoms with E-state index in [4.69, 9.17) is 4.74 Å². The number of carbonyl (C=O) groups excluding carboxylic acids is 2. The van der Waals surface area contributed by atoms with Crippen LogP contribution in [0.4, 0.5) is 11.5 Å². The van der Waals surface area contributed by atoms with Crippen LogP contribution in [0.5, 0.6) is 5.75 Å². The Hall–Kier alpha value is -3.32. The molecule has 3 rings (SSSR count). The van der Waals surface area contributed by atoms with E-state index in [0.717, 1.165) is 4.90 Å². The van der Waals surface area contributed by atoms with Crippen molar-refractivity contribution in [2.24, 2.45) is 0 Å². The van der Waals surface area contributed by atoms with E-state index in [1.165, 1.54) is 11.8 Å². The van der Waals surface area contributed by atoms with Crippen molar-refractivity contribution in [1.82, 2.24) is 4.98 Å². The maximum atomic E-state index is 12.4. The molecule has 1 atom stereocenters. The lowest BCUT2D eigenvalue weighted by Gasteiger charge is -2.12. The molecule has 0 saturated carbocycles. The lowest BCUT2D eigenvalue weighted by molar-refractivity contribution is -0.115. The van der Waals surface area contributed by atoms with Gasteiger partial charge in [0.2, 0.25) is 5.91 Å². The third-order valence-electron chi connectivity index (χ3n) is 4.04. The molecule has 1 aromatic heterocycles. The quantitative estimate of drug-likeness (QED) is 0.565. The maximum Gasteiger partial charge on any atom is 0.255 e. The van der Waals surface area contributed by atoms with Crippen molar-refractivity contribution < 1.29 is 14.3 Å².